The molecule has 8 heteroatoms. The molecule has 0 spiro atoms. The Morgan fingerprint density at radius 2 is 1.52 bits per heavy atom. The molecule has 2 aromatic carbocycles. The second kappa shape index (κ2) is 12.1. The van der Waals surface area contributed by atoms with Gasteiger partial charge >= 0.3 is 0 Å². The largest absolute Gasteiger partial charge is 0.494 e. The van der Waals surface area contributed by atoms with Gasteiger partial charge in [0.05, 0.1) is 18.0 Å². The van der Waals surface area contributed by atoms with Crippen molar-refractivity contribution in [3.8, 4) is 11.5 Å². The van der Waals surface area contributed by atoms with Gasteiger partial charge < -0.3 is 14.8 Å². The van der Waals surface area contributed by atoms with Crippen molar-refractivity contribution < 1.29 is 22.7 Å². The Labute approximate surface area is 184 Å². The van der Waals surface area contributed by atoms with Crippen molar-refractivity contribution >= 4 is 22.0 Å². The Bertz CT molecular complexity index is 950. The first-order chi connectivity index (χ1) is 14.9. The first kappa shape index (κ1) is 24.4. The average molecular weight is 447 g/mol. The molecule has 0 aliphatic carbocycles. The zero-order chi connectivity index (χ0) is 22.7. The minimum Gasteiger partial charge on any atom is -0.494 e. The molecule has 0 aromatic heterocycles. The van der Waals surface area contributed by atoms with Crippen LogP contribution in [-0.4, -0.2) is 51.5 Å². The van der Waals surface area contributed by atoms with Gasteiger partial charge in [-0.05, 0) is 55.0 Å². The smallest absolute Gasteiger partial charge is 0.244 e. The highest BCUT2D eigenvalue weighted by Crippen LogP contribution is 2.18. The van der Waals surface area contributed by atoms with E-state index in [4.69, 9.17) is 9.47 Å². The van der Waals surface area contributed by atoms with Gasteiger partial charge in [0, 0.05) is 19.2 Å². The van der Waals surface area contributed by atoms with Gasteiger partial charge in [0.2, 0.25) is 15.9 Å². The highest BCUT2D eigenvalue weighted by atomic mass is 32.2. The number of benzene rings is 2. The maximum atomic E-state index is 12.5. The van der Waals surface area contributed by atoms with Crippen LogP contribution >= 0.6 is 0 Å². The number of rotatable bonds is 12. The summed E-state index contributed by atoms with van der Waals surface area (Å²) in [5.74, 6) is 1.23. The lowest BCUT2D eigenvalue weighted by Gasteiger charge is -2.18. The van der Waals surface area contributed by atoms with Crippen LogP contribution in [-0.2, 0) is 14.8 Å². The highest BCUT2D eigenvalue weighted by molar-refractivity contribution is 7.89. The summed E-state index contributed by atoms with van der Waals surface area (Å²) in [6.45, 7) is 7.68. The average Bonchev–Trinajstić information content (AvgIpc) is 2.77. The summed E-state index contributed by atoms with van der Waals surface area (Å²) in [4.78, 5) is 12.2. The Kier molecular flexibility index (Phi) is 9.55. The lowest BCUT2D eigenvalue weighted by molar-refractivity contribution is -0.116. The molecule has 168 valence electrons. The summed E-state index contributed by atoms with van der Waals surface area (Å²) in [5, 5.41) is 2.74. The van der Waals surface area contributed by atoms with Crippen molar-refractivity contribution in [1.29, 1.82) is 0 Å². The lowest BCUT2D eigenvalue weighted by Crippen LogP contribution is -2.30. The van der Waals surface area contributed by atoms with Gasteiger partial charge in [-0.1, -0.05) is 26.0 Å². The number of hydrogen-bond acceptors (Lipinski definition) is 5. The van der Waals surface area contributed by atoms with Gasteiger partial charge in [0.15, 0.2) is 0 Å². The summed E-state index contributed by atoms with van der Waals surface area (Å²) in [5.41, 5.74) is 0.735. The molecule has 0 bridgehead atoms. The van der Waals surface area contributed by atoms with Crippen molar-refractivity contribution in [1.82, 2.24) is 9.62 Å². The van der Waals surface area contributed by atoms with E-state index in [1.165, 1.54) is 10.4 Å². The maximum absolute atomic E-state index is 12.5. The van der Waals surface area contributed by atoms with Crippen LogP contribution in [0, 0.1) is 0 Å². The molecule has 2 aromatic rings. The Morgan fingerprint density at radius 1 is 0.935 bits per heavy atom. The van der Waals surface area contributed by atoms with Crippen LogP contribution in [0.1, 0.15) is 26.3 Å². The molecule has 0 fully saturated rings. The number of ether oxygens (including phenoxy) is 2. The predicted molar refractivity (Wildman–Crippen MR) is 122 cm³/mol. The summed E-state index contributed by atoms with van der Waals surface area (Å²) < 4.78 is 37.3. The molecule has 0 radical (unpaired) electrons. The second-order valence-electron chi connectivity index (χ2n) is 6.54. The molecule has 0 unspecified atom stereocenters. The number of hydrogen-bond donors (Lipinski definition) is 1. The number of sulfonamides is 1. The zero-order valence-electron chi connectivity index (χ0n) is 18.2. The molecule has 1 N–H and O–H groups in total. The molecule has 1 amide bonds. The predicted octanol–water partition coefficient (Wildman–Crippen LogP) is 3.32. The summed E-state index contributed by atoms with van der Waals surface area (Å²) in [6, 6.07) is 13.8. The van der Waals surface area contributed by atoms with Crippen molar-refractivity contribution in [2.75, 3.05) is 32.8 Å². The molecule has 7 nitrogen and oxygen atoms in total. The molecule has 31 heavy (non-hydrogen) atoms. The number of carbonyl (C=O) groups excluding carboxylic acids is 1. The van der Waals surface area contributed by atoms with E-state index < -0.39 is 10.0 Å². The number of carbonyl (C=O) groups is 1. The van der Waals surface area contributed by atoms with E-state index in [0.29, 0.717) is 38.6 Å². The van der Waals surface area contributed by atoms with E-state index in [-0.39, 0.29) is 10.8 Å². The molecule has 2 rings (SSSR count). The maximum Gasteiger partial charge on any atom is 0.244 e. The standard InChI is InChI=1S/C23H30N2O5S/c1-4-25(5-2)31(27,28)22-14-7-19(8-15-22)9-16-23(26)24-17-18-30-21-12-10-20(11-13-21)29-6-3/h7-16H,4-6,17-18H2,1-3H3,(H,24,26)/b16-9+. The van der Waals surface area contributed by atoms with Crippen molar-refractivity contribution in [2.45, 2.75) is 25.7 Å². The van der Waals surface area contributed by atoms with Gasteiger partial charge in [-0.15, -0.1) is 0 Å². The fourth-order valence-electron chi connectivity index (χ4n) is 2.84. The van der Waals surface area contributed by atoms with Gasteiger partial charge in [0.25, 0.3) is 0 Å². The van der Waals surface area contributed by atoms with Gasteiger partial charge in [-0.3, -0.25) is 4.79 Å². The van der Waals surface area contributed by atoms with Crippen molar-refractivity contribution in [3.63, 3.8) is 0 Å². The topological polar surface area (TPSA) is 84.9 Å². The number of nitrogens with one attached hydrogen (secondary N) is 1. The zero-order valence-corrected chi connectivity index (χ0v) is 19.0. The third kappa shape index (κ3) is 7.41. The molecule has 0 heterocycles. The molecular weight excluding hydrogens is 416 g/mol. The molecule has 0 saturated heterocycles. The monoisotopic (exact) mass is 446 g/mol. The van der Waals surface area contributed by atoms with E-state index in [2.05, 4.69) is 5.32 Å². The Morgan fingerprint density at radius 3 is 2.06 bits per heavy atom. The van der Waals surface area contributed by atoms with E-state index in [1.54, 1.807) is 44.2 Å². The van der Waals surface area contributed by atoms with Crippen LogP contribution in [0.5, 0.6) is 11.5 Å². The van der Waals surface area contributed by atoms with Crippen molar-refractivity contribution in [3.05, 3.63) is 60.2 Å². The SMILES string of the molecule is CCOc1ccc(OCCNC(=O)/C=C/c2ccc(S(=O)(=O)N(CC)CC)cc2)cc1. The fourth-order valence-corrected chi connectivity index (χ4v) is 4.29. The first-order valence-corrected chi connectivity index (χ1v) is 11.8. The van der Waals surface area contributed by atoms with Crippen LogP contribution in [0.2, 0.25) is 0 Å². The van der Waals surface area contributed by atoms with E-state index in [9.17, 15) is 13.2 Å². The highest BCUT2D eigenvalue weighted by Gasteiger charge is 2.20. The van der Waals surface area contributed by atoms with E-state index >= 15 is 0 Å². The minimum atomic E-state index is -3.48. The third-order valence-corrected chi connectivity index (χ3v) is 6.52. The molecule has 0 aliphatic heterocycles. The first-order valence-electron chi connectivity index (χ1n) is 10.3. The summed E-state index contributed by atoms with van der Waals surface area (Å²) in [6.07, 6.45) is 3.04. The summed E-state index contributed by atoms with van der Waals surface area (Å²) >= 11 is 0. The quantitative estimate of drug-likeness (QED) is 0.399. The van der Waals surface area contributed by atoms with Crippen LogP contribution in [0.25, 0.3) is 6.08 Å². The number of amides is 1. The lowest BCUT2D eigenvalue weighted by atomic mass is 10.2. The summed E-state index contributed by atoms with van der Waals surface area (Å²) in [7, 11) is -3.48. The minimum absolute atomic E-state index is 0.240. The van der Waals surface area contributed by atoms with Crippen LogP contribution in [0.4, 0.5) is 0 Å². The third-order valence-electron chi connectivity index (χ3n) is 4.46. The van der Waals surface area contributed by atoms with Gasteiger partial charge in [0.1, 0.15) is 18.1 Å². The molecule has 0 aliphatic rings. The van der Waals surface area contributed by atoms with E-state index in [0.717, 1.165) is 11.3 Å². The second-order valence-corrected chi connectivity index (χ2v) is 8.47. The molecule has 0 atom stereocenters. The fraction of sp³-hybridized carbons (Fsp3) is 0.348. The Hall–Kier alpha value is -2.84. The Balaban J connectivity index is 1.79. The number of nitrogens with zero attached hydrogens (tertiary/aromatic N) is 1. The van der Waals surface area contributed by atoms with Gasteiger partial charge in [-0.2, -0.15) is 4.31 Å². The van der Waals surface area contributed by atoms with Crippen molar-refractivity contribution in [2.24, 2.45) is 0 Å². The van der Waals surface area contributed by atoms with E-state index in [1.807, 2.05) is 31.2 Å². The molecular formula is C23H30N2O5S. The van der Waals surface area contributed by atoms with Crippen LogP contribution in [0.15, 0.2) is 59.5 Å². The molecule has 0 saturated carbocycles. The normalized spacial score (nSPS) is 11.6. The van der Waals surface area contributed by atoms with Crippen LogP contribution in [0.3, 0.4) is 0 Å². The van der Waals surface area contributed by atoms with Gasteiger partial charge in [-0.25, -0.2) is 8.42 Å². The van der Waals surface area contributed by atoms with Crippen LogP contribution < -0.4 is 14.8 Å².